The van der Waals surface area contributed by atoms with Crippen molar-refractivity contribution in [3.05, 3.63) is 70.9 Å². The summed E-state index contributed by atoms with van der Waals surface area (Å²) in [6.07, 6.45) is 4.82. The fourth-order valence-corrected chi connectivity index (χ4v) is 4.59. The third kappa shape index (κ3) is 4.35. The standard InChI is InChI=1S/C23H24N4O3S/c1-26(2)22(29)23(13-17-5-3-4-6-19(17)18-7-12-31-15-18)16-27(10-11-30-23)21(28)20-14-24-8-9-25-20/h3-9,12,14-15H,10-11,13,16H2,1-2H3/t23-/m0/s1. The number of hydrogen-bond acceptors (Lipinski definition) is 6. The Morgan fingerprint density at radius 2 is 2.06 bits per heavy atom. The number of amides is 2. The van der Waals surface area contributed by atoms with Gasteiger partial charge in [0.15, 0.2) is 5.60 Å². The lowest BCUT2D eigenvalue weighted by Crippen LogP contribution is -2.61. The summed E-state index contributed by atoms with van der Waals surface area (Å²) < 4.78 is 6.16. The van der Waals surface area contributed by atoms with Gasteiger partial charge in [-0.15, -0.1) is 0 Å². The summed E-state index contributed by atoms with van der Waals surface area (Å²) in [7, 11) is 3.42. The summed E-state index contributed by atoms with van der Waals surface area (Å²) in [4.78, 5) is 37.7. The van der Waals surface area contributed by atoms with Gasteiger partial charge in [0, 0.05) is 39.5 Å². The minimum absolute atomic E-state index is 0.150. The van der Waals surface area contributed by atoms with Crippen LogP contribution in [0.5, 0.6) is 0 Å². The van der Waals surface area contributed by atoms with Crippen LogP contribution in [0.15, 0.2) is 59.7 Å². The predicted octanol–water partition coefficient (Wildman–Crippen LogP) is 2.75. The maximum atomic E-state index is 13.4. The molecule has 1 aliphatic rings. The fraction of sp³-hybridized carbons (Fsp3) is 0.304. The van der Waals surface area contributed by atoms with Crippen LogP contribution in [0.3, 0.4) is 0 Å². The number of aromatic nitrogens is 2. The molecule has 2 aromatic heterocycles. The summed E-state index contributed by atoms with van der Waals surface area (Å²) in [5, 5.41) is 4.12. The molecule has 8 heteroatoms. The molecule has 0 bridgehead atoms. The van der Waals surface area contributed by atoms with Gasteiger partial charge in [-0.25, -0.2) is 4.98 Å². The van der Waals surface area contributed by atoms with Gasteiger partial charge in [0.1, 0.15) is 5.69 Å². The minimum Gasteiger partial charge on any atom is -0.361 e. The lowest BCUT2D eigenvalue weighted by molar-refractivity contribution is -0.165. The summed E-state index contributed by atoms with van der Waals surface area (Å²) >= 11 is 1.63. The highest BCUT2D eigenvalue weighted by molar-refractivity contribution is 7.08. The lowest BCUT2D eigenvalue weighted by Gasteiger charge is -2.43. The molecule has 1 aliphatic heterocycles. The van der Waals surface area contributed by atoms with Crippen LogP contribution in [-0.2, 0) is 16.0 Å². The smallest absolute Gasteiger partial charge is 0.274 e. The molecule has 4 rings (SSSR count). The molecule has 1 saturated heterocycles. The molecule has 0 radical (unpaired) electrons. The number of ether oxygens (including phenoxy) is 1. The maximum absolute atomic E-state index is 13.4. The first kappa shape index (κ1) is 21.1. The molecule has 0 N–H and O–H groups in total. The Labute approximate surface area is 185 Å². The zero-order valence-corrected chi connectivity index (χ0v) is 18.3. The monoisotopic (exact) mass is 436 g/mol. The van der Waals surface area contributed by atoms with Gasteiger partial charge in [-0.1, -0.05) is 24.3 Å². The quantitative estimate of drug-likeness (QED) is 0.615. The number of benzene rings is 1. The average Bonchev–Trinajstić information content (AvgIpc) is 3.34. The summed E-state index contributed by atoms with van der Waals surface area (Å²) in [6.45, 7) is 0.813. The molecule has 7 nitrogen and oxygen atoms in total. The second-order valence-corrected chi connectivity index (χ2v) is 8.49. The Bertz CT molecular complexity index is 1060. The number of morpholine rings is 1. The molecule has 3 aromatic rings. The van der Waals surface area contributed by atoms with Crippen LogP contribution in [0.4, 0.5) is 0 Å². The van der Waals surface area contributed by atoms with E-state index >= 15 is 0 Å². The van der Waals surface area contributed by atoms with E-state index in [4.69, 9.17) is 4.74 Å². The van der Waals surface area contributed by atoms with Crippen molar-refractivity contribution < 1.29 is 14.3 Å². The molecule has 31 heavy (non-hydrogen) atoms. The van der Waals surface area contributed by atoms with Gasteiger partial charge in [-0.3, -0.25) is 14.6 Å². The van der Waals surface area contributed by atoms with Crippen LogP contribution in [0.1, 0.15) is 16.1 Å². The van der Waals surface area contributed by atoms with E-state index in [0.717, 1.165) is 16.7 Å². The average molecular weight is 437 g/mol. The van der Waals surface area contributed by atoms with Crippen molar-refractivity contribution in [3.8, 4) is 11.1 Å². The highest BCUT2D eigenvalue weighted by Crippen LogP contribution is 2.32. The van der Waals surface area contributed by atoms with E-state index < -0.39 is 5.60 Å². The van der Waals surface area contributed by atoms with E-state index in [-0.39, 0.29) is 30.7 Å². The SMILES string of the molecule is CN(C)C(=O)[C@]1(Cc2ccccc2-c2ccsc2)CN(C(=O)c2cnccn2)CCO1. The zero-order valence-electron chi connectivity index (χ0n) is 17.5. The number of likely N-dealkylation sites (N-methyl/N-ethyl adjacent to an activating group) is 1. The Hall–Kier alpha value is -3.10. The molecular weight excluding hydrogens is 412 g/mol. The maximum Gasteiger partial charge on any atom is 0.274 e. The van der Waals surface area contributed by atoms with Crippen molar-refractivity contribution in [1.82, 2.24) is 19.8 Å². The van der Waals surface area contributed by atoms with Crippen molar-refractivity contribution in [3.63, 3.8) is 0 Å². The minimum atomic E-state index is -1.17. The zero-order chi connectivity index (χ0) is 21.8. The number of hydrogen-bond donors (Lipinski definition) is 0. The lowest BCUT2D eigenvalue weighted by atomic mass is 9.87. The van der Waals surface area contributed by atoms with E-state index in [1.165, 1.54) is 23.5 Å². The Kier molecular flexibility index (Phi) is 6.11. The second kappa shape index (κ2) is 8.95. The second-order valence-electron chi connectivity index (χ2n) is 7.71. The molecule has 0 unspecified atom stereocenters. The van der Waals surface area contributed by atoms with Crippen molar-refractivity contribution in [1.29, 1.82) is 0 Å². The van der Waals surface area contributed by atoms with Gasteiger partial charge in [0.2, 0.25) is 0 Å². The van der Waals surface area contributed by atoms with Gasteiger partial charge in [-0.2, -0.15) is 11.3 Å². The van der Waals surface area contributed by atoms with Crippen LogP contribution in [0, 0.1) is 0 Å². The van der Waals surface area contributed by atoms with E-state index in [0.29, 0.717) is 13.0 Å². The van der Waals surface area contributed by atoms with Crippen LogP contribution in [0.2, 0.25) is 0 Å². The van der Waals surface area contributed by atoms with Crippen LogP contribution >= 0.6 is 11.3 Å². The molecule has 1 fully saturated rings. The van der Waals surface area contributed by atoms with Gasteiger partial charge >= 0.3 is 0 Å². The normalized spacial score (nSPS) is 18.6. The molecule has 2 amide bonds. The molecule has 0 aliphatic carbocycles. The number of rotatable bonds is 5. The van der Waals surface area contributed by atoms with Crippen LogP contribution in [0.25, 0.3) is 11.1 Å². The molecule has 3 heterocycles. The van der Waals surface area contributed by atoms with E-state index in [2.05, 4.69) is 27.5 Å². The first-order valence-electron chi connectivity index (χ1n) is 10.0. The number of nitrogens with zero attached hydrogens (tertiary/aromatic N) is 4. The van der Waals surface area contributed by atoms with Crippen LogP contribution < -0.4 is 0 Å². The molecule has 160 valence electrons. The van der Waals surface area contributed by atoms with Gasteiger partial charge in [0.25, 0.3) is 11.8 Å². The molecule has 0 saturated carbocycles. The van der Waals surface area contributed by atoms with Crippen molar-refractivity contribution in [2.24, 2.45) is 0 Å². The molecule has 1 aromatic carbocycles. The summed E-state index contributed by atoms with van der Waals surface area (Å²) in [5.41, 5.74) is 2.26. The summed E-state index contributed by atoms with van der Waals surface area (Å²) in [5.74, 6) is -0.414. The Morgan fingerprint density at radius 3 is 2.77 bits per heavy atom. The largest absolute Gasteiger partial charge is 0.361 e. The number of carbonyl (C=O) groups is 2. The van der Waals surface area contributed by atoms with Gasteiger partial charge < -0.3 is 14.5 Å². The van der Waals surface area contributed by atoms with Gasteiger partial charge in [-0.05, 0) is 33.5 Å². The van der Waals surface area contributed by atoms with Crippen LogP contribution in [-0.4, -0.2) is 71.0 Å². The third-order valence-corrected chi connectivity index (χ3v) is 6.06. The van der Waals surface area contributed by atoms with E-state index in [9.17, 15) is 9.59 Å². The van der Waals surface area contributed by atoms with Gasteiger partial charge in [0.05, 0.1) is 19.3 Å². The van der Waals surface area contributed by atoms with E-state index in [1.54, 1.807) is 30.3 Å². The summed E-state index contributed by atoms with van der Waals surface area (Å²) in [6, 6.07) is 10.1. The predicted molar refractivity (Wildman–Crippen MR) is 119 cm³/mol. The number of thiophene rings is 1. The highest BCUT2D eigenvalue weighted by Gasteiger charge is 2.46. The topological polar surface area (TPSA) is 75.6 Å². The van der Waals surface area contributed by atoms with Crippen molar-refractivity contribution >= 4 is 23.2 Å². The first-order valence-corrected chi connectivity index (χ1v) is 11.0. The highest BCUT2D eigenvalue weighted by atomic mass is 32.1. The Morgan fingerprint density at radius 1 is 1.23 bits per heavy atom. The van der Waals surface area contributed by atoms with Crippen molar-refractivity contribution in [2.45, 2.75) is 12.0 Å². The number of carbonyl (C=O) groups excluding carboxylic acids is 2. The molecule has 0 spiro atoms. The van der Waals surface area contributed by atoms with Crippen molar-refractivity contribution in [2.75, 3.05) is 33.8 Å². The molecule has 1 atom stereocenters. The fourth-order valence-electron chi connectivity index (χ4n) is 3.93. The van der Waals surface area contributed by atoms with E-state index in [1.807, 2.05) is 23.6 Å². The molecular formula is C23H24N4O3S. The Balaban J connectivity index is 1.69. The third-order valence-electron chi connectivity index (χ3n) is 5.38. The first-order chi connectivity index (χ1) is 15.0.